The molecule has 2 aliphatic rings. The Kier molecular flexibility index (Phi) is 4.71. The highest BCUT2D eigenvalue weighted by atomic mass is 32.1. The van der Waals surface area contributed by atoms with Crippen molar-refractivity contribution in [3.63, 3.8) is 0 Å². The molecule has 2 aromatic heterocycles. The molecule has 0 amide bonds. The second-order valence-corrected chi connectivity index (χ2v) is 7.65. The van der Waals surface area contributed by atoms with Crippen LogP contribution in [0.4, 0.5) is 5.82 Å². The molecule has 0 atom stereocenters. The maximum Gasteiger partial charge on any atom is 0.142 e. The van der Waals surface area contributed by atoms with Crippen molar-refractivity contribution in [1.29, 1.82) is 5.26 Å². The minimum Gasteiger partial charge on any atom is -0.383 e. The number of fused-ring (bicyclic) bond motifs is 1. The normalized spacial score (nSPS) is 17.9. The summed E-state index contributed by atoms with van der Waals surface area (Å²) in [6.07, 6.45) is 4.69. The van der Waals surface area contributed by atoms with Crippen molar-refractivity contribution in [2.45, 2.75) is 38.8 Å². The van der Waals surface area contributed by atoms with Gasteiger partial charge in [-0.05, 0) is 42.9 Å². The lowest BCUT2D eigenvalue weighted by Gasteiger charge is -2.25. The fraction of sp³-hybridized carbons (Fsp3) is 0.474. The molecule has 0 bridgehead atoms. The quantitative estimate of drug-likeness (QED) is 0.915. The number of rotatable bonds is 3. The summed E-state index contributed by atoms with van der Waals surface area (Å²) in [5.74, 6) is 0.337. The summed E-state index contributed by atoms with van der Waals surface area (Å²) in [7, 11) is 0. The number of hydrogen-bond donors (Lipinski definition) is 1. The van der Waals surface area contributed by atoms with Crippen molar-refractivity contribution < 1.29 is 4.74 Å². The number of nitriles is 1. The first-order chi connectivity index (χ1) is 12.3. The highest BCUT2D eigenvalue weighted by Crippen LogP contribution is 2.38. The van der Waals surface area contributed by atoms with E-state index in [0.29, 0.717) is 24.6 Å². The fourth-order valence-corrected chi connectivity index (χ4v) is 4.73. The Morgan fingerprint density at radius 1 is 1.32 bits per heavy atom. The predicted molar refractivity (Wildman–Crippen MR) is 99.2 cm³/mol. The second-order valence-electron chi connectivity index (χ2n) is 6.74. The van der Waals surface area contributed by atoms with Crippen LogP contribution in [0.15, 0.2) is 11.4 Å². The summed E-state index contributed by atoms with van der Waals surface area (Å²) >= 11 is 1.69. The largest absolute Gasteiger partial charge is 0.383 e. The number of anilines is 1. The highest BCUT2D eigenvalue weighted by molar-refractivity contribution is 7.13. The first-order valence-corrected chi connectivity index (χ1v) is 9.73. The third-order valence-electron chi connectivity index (χ3n) is 5.01. The van der Waals surface area contributed by atoms with Crippen molar-refractivity contribution in [2.75, 3.05) is 25.4 Å². The summed E-state index contributed by atoms with van der Waals surface area (Å²) in [5.41, 5.74) is 10.8. The Morgan fingerprint density at radius 3 is 2.96 bits per heavy atom. The molecule has 2 aliphatic heterocycles. The molecule has 2 N–H and O–H groups in total. The van der Waals surface area contributed by atoms with E-state index in [1.807, 2.05) is 0 Å². The zero-order valence-corrected chi connectivity index (χ0v) is 15.1. The van der Waals surface area contributed by atoms with E-state index >= 15 is 0 Å². The number of hydrogen-bond acceptors (Lipinski definition) is 6. The van der Waals surface area contributed by atoms with Gasteiger partial charge in [0.1, 0.15) is 17.5 Å². The lowest BCUT2D eigenvalue weighted by Crippen LogP contribution is -2.28. The molecular weight excluding hydrogens is 332 g/mol. The molecule has 0 aromatic carbocycles. The molecule has 4 heterocycles. The zero-order valence-electron chi connectivity index (χ0n) is 14.3. The van der Waals surface area contributed by atoms with E-state index in [4.69, 9.17) is 10.5 Å². The fourth-order valence-electron chi connectivity index (χ4n) is 3.75. The number of aromatic nitrogens is 1. The number of ether oxygens (including phenoxy) is 1. The number of pyridine rings is 1. The van der Waals surface area contributed by atoms with E-state index in [2.05, 4.69) is 27.4 Å². The molecule has 0 unspecified atom stereocenters. The van der Waals surface area contributed by atoms with Gasteiger partial charge in [0.15, 0.2) is 0 Å². The molecule has 1 saturated heterocycles. The lowest BCUT2D eigenvalue weighted by molar-refractivity contribution is 0.109. The Labute approximate surface area is 152 Å². The average Bonchev–Trinajstić information content (AvgIpc) is 3.09. The minimum atomic E-state index is 0.337. The molecule has 2 aromatic rings. The van der Waals surface area contributed by atoms with Gasteiger partial charge in [-0.2, -0.15) is 5.26 Å². The molecule has 0 saturated carbocycles. The van der Waals surface area contributed by atoms with Crippen LogP contribution >= 0.6 is 11.3 Å². The summed E-state index contributed by atoms with van der Waals surface area (Å²) in [4.78, 5) is 8.05. The van der Waals surface area contributed by atoms with Crippen LogP contribution in [0, 0.1) is 11.3 Å². The van der Waals surface area contributed by atoms with E-state index in [1.165, 1.54) is 37.9 Å². The van der Waals surface area contributed by atoms with Crippen molar-refractivity contribution >= 4 is 17.2 Å². The third kappa shape index (κ3) is 3.28. The number of likely N-dealkylation sites (tertiary alicyclic amines) is 1. The number of nitrogens with zero attached hydrogens (tertiary/aromatic N) is 3. The van der Waals surface area contributed by atoms with Crippen LogP contribution in [0.5, 0.6) is 0 Å². The van der Waals surface area contributed by atoms with E-state index in [0.717, 1.165) is 34.7 Å². The van der Waals surface area contributed by atoms with Gasteiger partial charge in [-0.1, -0.05) is 6.42 Å². The maximum absolute atomic E-state index is 9.62. The summed E-state index contributed by atoms with van der Waals surface area (Å²) in [6.45, 7) is 4.51. The number of nitrogens with two attached hydrogens (primary N) is 1. The highest BCUT2D eigenvalue weighted by Gasteiger charge is 2.23. The van der Waals surface area contributed by atoms with Gasteiger partial charge < -0.3 is 10.5 Å². The molecule has 5 nitrogen and oxygen atoms in total. The number of thiophene rings is 1. The van der Waals surface area contributed by atoms with E-state index < -0.39 is 0 Å². The predicted octanol–water partition coefficient (Wildman–Crippen LogP) is 3.32. The second kappa shape index (κ2) is 7.12. The van der Waals surface area contributed by atoms with Gasteiger partial charge in [0.05, 0.1) is 18.9 Å². The van der Waals surface area contributed by atoms with Crippen LogP contribution in [-0.2, 0) is 24.3 Å². The van der Waals surface area contributed by atoms with Crippen LogP contribution in [0.2, 0.25) is 0 Å². The van der Waals surface area contributed by atoms with Gasteiger partial charge in [0.25, 0.3) is 0 Å². The standard InChI is InChI=1S/C19H22N4OS/c20-9-14-18(15-11-24-7-4-16(15)22-19(14)21)17-8-13(12-25-17)10-23-5-2-1-3-6-23/h8,12H,1-7,10-11H2,(H2,21,22). The first kappa shape index (κ1) is 16.5. The lowest BCUT2D eigenvalue weighted by atomic mass is 9.97. The molecule has 0 aliphatic carbocycles. The van der Waals surface area contributed by atoms with E-state index in [1.54, 1.807) is 11.3 Å². The maximum atomic E-state index is 9.62. The summed E-state index contributed by atoms with van der Waals surface area (Å²) < 4.78 is 5.63. The minimum absolute atomic E-state index is 0.337. The molecule has 4 rings (SSSR count). The Balaban J connectivity index is 1.70. The molecular formula is C19H22N4OS. The first-order valence-electron chi connectivity index (χ1n) is 8.85. The van der Waals surface area contributed by atoms with Gasteiger partial charge in [-0.25, -0.2) is 4.98 Å². The molecule has 0 spiro atoms. The van der Waals surface area contributed by atoms with Crippen molar-refractivity contribution in [2.24, 2.45) is 0 Å². The SMILES string of the molecule is N#Cc1c(N)nc2c(c1-c1cc(CN3CCCCC3)cs1)COCC2. The Bertz CT molecular complexity index is 818. The summed E-state index contributed by atoms with van der Waals surface area (Å²) in [6, 6.07) is 4.47. The van der Waals surface area contributed by atoms with Gasteiger partial charge in [-0.15, -0.1) is 11.3 Å². The Hall–Kier alpha value is -1.94. The van der Waals surface area contributed by atoms with Crippen LogP contribution < -0.4 is 5.73 Å². The molecule has 1 fully saturated rings. The van der Waals surface area contributed by atoms with Gasteiger partial charge in [0.2, 0.25) is 0 Å². The zero-order chi connectivity index (χ0) is 17.2. The van der Waals surface area contributed by atoms with Crippen molar-refractivity contribution in [1.82, 2.24) is 9.88 Å². The Morgan fingerprint density at radius 2 is 2.16 bits per heavy atom. The van der Waals surface area contributed by atoms with E-state index in [9.17, 15) is 5.26 Å². The van der Waals surface area contributed by atoms with Crippen molar-refractivity contribution in [3.05, 3.63) is 33.8 Å². The smallest absolute Gasteiger partial charge is 0.142 e. The molecule has 6 heteroatoms. The van der Waals surface area contributed by atoms with Crippen LogP contribution in [-0.4, -0.2) is 29.6 Å². The molecule has 25 heavy (non-hydrogen) atoms. The average molecular weight is 354 g/mol. The number of nitrogen functional groups attached to an aromatic ring is 1. The number of piperidine rings is 1. The van der Waals surface area contributed by atoms with Gasteiger partial charge in [0, 0.05) is 29.0 Å². The van der Waals surface area contributed by atoms with Crippen LogP contribution in [0.25, 0.3) is 10.4 Å². The van der Waals surface area contributed by atoms with Gasteiger partial charge in [-0.3, -0.25) is 4.90 Å². The molecule has 130 valence electrons. The van der Waals surface area contributed by atoms with Gasteiger partial charge >= 0.3 is 0 Å². The summed E-state index contributed by atoms with van der Waals surface area (Å²) in [5, 5.41) is 11.8. The third-order valence-corrected chi connectivity index (χ3v) is 6.00. The van der Waals surface area contributed by atoms with Crippen LogP contribution in [0.1, 0.15) is 41.6 Å². The van der Waals surface area contributed by atoms with Crippen LogP contribution in [0.3, 0.4) is 0 Å². The molecule has 0 radical (unpaired) electrons. The monoisotopic (exact) mass is 354 g/mol. The topological polar surface area (TPSA) is 75.2 Å². The van der Waals surface area contributed by atoms with E-state index in [-0.39, 0.29) is 0 Å². The van der Waals surface area contributed by atoms with Crippen molar-refractivity contribution in [3.8, 4) is 16.5 Å².